The minimum Gasteiger partial charge on any atom is -0.395 e. The van der Waals surface area contributed by atoms with Crippen LogP contribution < -0.4 is 5.32 Å². The maximum atomic E-state index is 9.77. The molecule has 2 rings (SSSR count). The van der Waals surface area contributed by atoms with Crippen LogP contribution in [-0.2, 0) is 10.8 Å². The summed E-state index contributed by atoms with van der Waals surface area (Å²) in [7, 11) is 0. The lowest BCUT2D eigenvalue weighted by Crippen LogP contribution is -2.24. The average Bonchev–Trinajstić information content (AvgIpc) is 2.73. The predicted molar refractivity (Wildman–Crippen MR) is 132 cm³/mol. The molecular weight excluding hydrogens is 404 g/mol. The van der Waals surface area contributed by atoms with Crippen LogP contribution in [-0.4, -0.2) is 32.4 Å². The first-order valence-corrected chi connectivity index (χ1v) is 12.5. The zero-order valence-corrected chi connectivity index (χ0v) is 21.0. The number of thioether (sulfide) groups is 1. The molecule has 0 unspecified atom stereocenters. The van der Waals surface area contributed by atoms with Gasteiger partial charge in [-0.2, -0.15) is 4.98 Å². The summed E-state index contributed by atoms with van der Waals surface area (Å²) in [5.41, 5.74) is 2.94. The lowest BCUT2D eigenvalue weighted by atomic mass is 9.79. The predicted octanol–water partition coefficient (Wildman–Crippen LogP) is 6.64. The Morgan fingerprint density at radius 3 is 2.35 bits per heavy atom. The molecule has 0 aliphatic heterocycles. The number of aromatic nitrogens is 3. The molecule has 0 saturated heterocycles. The van der Waals surface area contributed by atoms with Gasteiger partial charge in [-0.05, 0) is 29.0 Å². The largest absolute Gasteiger partial charge is 0.395 e. The number of benzene rings is 1. The van der Waals surface area contributed by atoms with E-state index in [0.717, 1.165) is 22.2 Å². The zero-order valence-electron chi connectivity index (χ0n) is 20.2. The molecule has 0 saturated carbocycles. The van der Waals surface area contributed by atoms with E-state index < -0.39 is 0 Å². The molecule has 0 aliphatic carbocycles. The fraction of sp³-hybridized carbons (Fsp3) is 0.640. The quantitative estimate of drug-likeness (QED) is 0.283. The molecule has 0 amide bonds. The average molecular weight is 445 g/mol. The first-order chi connectivity index (χ1) is 14.7. The smallest absolute Gasteiger partial charge is 0.231 e. The molecule has 0 radical (unpaired) electrons. The number of hydrogen-bond acceptors (Lipinski definition) is 6. The minimum atomic E-state index is -0.286. The fourth-order valence-corrected chi connectivity index (χ4v) is 4.17. The van der Waals surface area contributed by atoms with E-state index >= 15 is 0 Å². The van der Waals surface area contributed by atoms with Crippen molar-refractivity contribution in [3.05, 3.63) is 35.7 Å². The van der Waals surface area contributed by atoms with E-state index in [1.165, 1.54) is 44.1 Å². The molecule has 2 aromatic rings. The molecule has 0 spiro atoms. The minimum absolute atomic E-state index is 0.0632. The van der Waals surface area contributed by atoms with Crippen LogP contribution in [0.2, 0.25) is 0 Å². The summed E-state index contributed by atoms with van der Waals surface area (Å²) in [6.07, 6.45) is 9.33. The second-order valence-corrected chi connectivity index (χ2v) is 10.9. The van der Waals surface area contributed by atoms with Gasteiger partial charge in [-0.25, -0.2) is 9.97 Å². The summed E-state index contributed by atoms with van der Waals surface area (Å²) in [5, 5.41) is 13.9. The SMILES string of the molecule is CCCCCCCCSc1ncnc(Nc2ccc(C(C)(C)CO)cc2C(C)(C)C)n1. The number of anilines is 2. The van der Waals surface area contributed by atoms with Gasteiger partial charge < -0.3 is 10.4 Å². The molecule has 1 aromatic carbocycles. The normalized spacial score (nSPS) is 12.2. The van der Waals surface area contributed by atoms with Crippen molar-refractivity contribution < 1.29 is 5.11 Å². The Morgan fingerprint density at radius 1 is 0.968 bits per heavy atom. The van der Waals surface area contributed by atoms with Crippen molar-refractivity contribution in [3.63, 3.8) is 0 Å². The first-order valence-electron chi connectivity index (χ1n) is 11.5. The first kappa shape index (κ1) is 25.6. The van der Waals surface area contributed by atoms with Gasteiger partial charge in [0.15, 0.2) is 5.16 Å². The molecule has 2 N–H and O–H groups in total. The Bertz CT molecular complexity index is 817. The highest BCUT2D eigenvalue weighted by Gasteiger charge is 2.25. The van der Waals surface area contributed by atoms with Crippen LogP contribution >= 0.6 is 11.8 Å². The van der Waals surface area contributed by atoms with Crippen molar-refractivity contribution in [1.82, 2.24) is 15.0 Å². The van der Waals surface area contributed by atoms with Crippen molar-refractivity contribution in [2.75, 3.05) is 17.7 Å². The number of unbranched alkanes of at least 4 members (excludes halogenated alkanes) is 5. The van der Waals surface area contributed by atoms with Gasteiger partial charge in [-0.1, -0.05) is 97.5 Å². The third-order valence-electron chi connectivity index (χ3n) is 5.53. The van der Waals surface area contributed by atoms with Crippen molar-refractivity contribution in [3.8, 4) is 0 Å². The Kier molecular flexibility index (Phi) is 9.76. The molecule has 0 atom stereocenters. The van der Waals surface area contributed by atoms with Crippen LogP contribution in [0, 0.1) is 0 Å². The second kappa shape index (κ2) is 11.8. The van der Waals surface area contributed by atoms with E-state index in [-0.39, 0.29) is 17.4 Å². The van der Waals surface area contributed by atoms with Crippen molar-refractivity contribution in [2.45, 2.75) is 96.1 Å². The van der Waals surface area contributed by atoms with Gasteiger partial charge >= 0.3 is 0 Å². The topological polar surface area (TPSA) is 70.9 Å². The number of nitrogens with zero attached hydrogens (tertiary/aromatic N) is 3. The van der Waals surface area contributed by atoms with Crippen LogP contribution in [0.3, 0.4) is 0 Å². The molecule has 0 bridgehead atoms. The summed E-state index contributed by atoms with van der Waals surface area (Å²) in [5.74, 6) is 1.61. The van der Waals surface area contributed by atoms with Gasteiger partial charge in [0.05, 0.1) is 6.61 Å². The summed E-state index contributed by atoms with van der Waals surface area (Å²) in [6.45, 7) is 13.0. The third-order valence-corrected chi connectivity index (χ3v) is 6.48. The van der Waals surface area contributed by atoms with Crippen molar-refractivity contribution in [1.29, 1.82) is 0 Å². The maximum absolute atomic E-state index is 9.77. The van der Waals surface area contributed by atoms with E-state index in [0.29, 0.717) is 5.95 Å². The third kappa shape index (κ3) is 8.08. The molecule has 172 valence electrons. The van der Waals surface area contributed by atoms with Crippen LogP contribution in [0.25, 0.3) is 0 Å². The van der Waals surface area contributed by atoms with Crippen molar-refractivity contribution >= 4 is 23.4 Å². The van der Waals surface area contributed by atoms with E-state index in [2.05, 4.69) is 80.0 Å². The lowest BCUT2D eigenvalue weighted by molar-refractivity contribution is 0.218. The standard InChI is InChI=1S/C25H40N4OS/c1-7-8-9-10-11-12-15-31-23-27-18-26-22(29-23)28-21-14-13-19(25(5,6)17-30)16-20(21)24(2,3)4/h13-14,16,18,30H,7-12,15,17H2,1-6H3,(H,26,27,28,29). The van der Waals surface area contributed by atoms with Crippen LogP contribution in [0.15, 0.2) is 29.7 Å². The van der Waals surface area contributed by atoms with E-state index in [4.69, 9.17) is 0 Å². The summed E-state index contributed by atoms with van der Waals surface area (Å²) < 4.78 is 0. The van der Waals surface area contributed by atoms with Gasteiger partial charge in [0, 0.05) is 16.9 Å². The molecule has 0 fully saturated rings. The molecule has 1 heterocycles. The molecule has 5 nitrogen and oxygen atoms in total. The Balaban J connectivity index is 2.08. The van der Waals surface area contributed by atoms with Gasteiger partial charge in [-0.3, -0.25) is 0 Å². The van der Waals surface area contributed by atoms with Gasteiger partial charge in [0.1, 0.15) is 6.33 Å². The number of aliphatic hydroxyl groups is 1. The zero-order chi connectivity index (χ0) is 22.9. The summed E-state index contributed by atoms with van der Waals surface area (Å²) in [6, 6.07) is 6.33. The molecule has 6 heteroatoms. The van der Waals surface area contributed by atoms with Gasteiger partial charge in [0.2, 0.25) is 5.95 Å². The Labute approximate surface area is 192 Å². The van der Waals surface area contributed by atoms with Crippen LogP contribution in [0.5, 0.6) is 0 Å². The fourth-order valence-electron chi connectivity index (χ4n) is 3.36. The molecule has 31 heavy (non-hydrogen) atoms. The molecular formula is C25H40N4OS. The summed E-state index contributed by atoms with van der Waals surface area (Å²) >= 11 is 1.70. The van der Waals surface area contributed by atoms with E-state index in [1.807, 2.05) is 0 Å². The molecule has 0 aliphatic rings. The maximum Gasteiger partial charge on any atom is 0.231 e. The molecule has 1 aromatic heterocycles. The van der Waals surface area contributed by atoms with Gasteiger partial charge in [0.25, 0.3) is 0 Å². The second-order valence-electron chi connectivity index (χ2n) is 9.89. The number of aliphatic hydroxyl groups excluding tert-OH is 1. The van der Waals surface area contributed by atoms with Gasteiger partial charge in [-0.15, -0.1) is 0 Å². The van der Waals surface area contributed by atoms with Crippen molar-refractivity contribution in [2.24, 2.45) is 0 Å². The Hall–Kier alpha value is -1.66. The van der Waals surface area contributed by atoms with E-state index in [9.17, 15) is 5.11 Å². The number of hydrogen-bond donors (Lipinski definition) is 2. The summed E-state index contributed by atoms with van der Waals surface area (Å²) in [4.78, 5) is 13.3. The Morgan fingerprint density at radius 2 is 1.68 bits per heavy atom. The highest BCUT2D eigenvalue weighted by molar-refractivity contribution is 7.99. The van der Waals surface area contributed by atoms with Crippen LogP contribution in [0.4, 0.5) is 11.6 Å². The highest BCUT2D eigenvalue weighted by Crippen LogP contribution is 2.35. The van der Waals surface area contributed by atoms with Crippen LogP contribution in [0.1, 0.15) is 91.2 Å². The number of nitrogens with one attached hydrogen (secondary N) is 1. The number of rotatable bonds is 12. The highest BCUT2D eigenvalue weighted by atomic mass is 32.2. The lowest BCUT2D eigenvalue weighted by Gasteiger charge is -2.28. The van der Waals surface area contributed by atoms with E-state index in [1.54, 1.807) is 18.1 Å². The monoisotopic (exact) mass is 444 g/mol.